The Kier molecular flexibility index (Phi) is 8.53. The monoisotopic (exact) mass is 567 g/mol. The Morgan fingerprint density at radius 3 is 2.28 bits per heavy atom. The summed E-state index contributed by atoms with van der Waals surface area (Å²) >= 11 is 0. The SMILES string of the molecule is CN(c1ncccc1CNc1ncc(C(F)(F)F)c(Nc2ccc(NC(=O)OC(C)(C)C)cc2)n1)S(C)(=O)=O. The number of aromatic nitrogens is 3. The van der Waals surface area contributed by atoms with E-state index in [9.17, 15) is 26.4 Å². The number of carbonyl (C=O) groups excluding carboxylic acids is 1. The minimum atomic E-state index is -4.74. The number of nitrogens with one attached hydrogen (secondary N) is 3. The van der Waals surface area contributed by atoms with Crippen molar-refractivity contribution in [3.8, 4) is 0 Å². The largest absolute Gasteiger partial charge is 0.444 e. The van der Waals surface area contributed by atoms with Gasteiger partial charge in [0.15, 0.2) is 0 Å². The van der Waals surface area contributed by atoms with Crippen LogP contribution >= 0.6 is 0 Å². The van der Waals surface area contributed by atoms with E-state index in [1.165, 1.54) is 37.5 Å². The van der Waals surface area contributed by atoms with E-state index in [2.05, 4.69) is 30.9 Å². The molecule has 2 heterocycles. The summed E-state index contributed by atoms with van der Waals surface area (Å²) in [6, 6.07) is 9.12. The second-order valence-corrected chi connectivity index (χ2v) is 11.4. The van der Waals surface area contributed by atoms with E-state index >= 15 is 0 Å². The average Bonchev–Trinajstić information content (AvgIpc) is 2.81. The Morgan fingerprint density at radius 2 is 1.69 bits per heavy atom. The topological polar surface area (TPSA) is 138 Å². The Labute approximate surface area is 223 Å². The first kappa shape index (κ1) is 29.4. The molecule has 210 valence electrons. The van der Waals surface area contributed by atoms with Crippen molar-refractivity contribution in [3.63, 3.8) is 0 Å². The van der Waals surface area contributed by atoms with Gasteiger partial charge in [-0.1, -0.05) is 6.07 Å². The summed E-state index contributed by atoms with van der Waals surface area (Å²) < 4.78 is 71.0. The van der Waals surface area contributed by atoms with Crippen LogP contribution in [0.3, 0.4) is 0 Å². The number of pyridine rings is 1. The third kappa shape index (κ3) is 8.43. The third-order valence-electron chi connectivity index (χ3n) is 4.99. The van der Waals surface area contributed by atoms with Gasteiger partial charge in [0.05, 0.1) is 6.26 Å². The van der Waals surface area contributed by atoms with Crippen LogP contribution in [0.4, 0.5) is 46.9 Å². The summed E-state index contributed by atoms with van der Waals surface area (Å²) in [5.41, 5.74) is -0.689. The first-order chi connectivity index (χ1) is 18.0. The predicted octanol–water partition coefficient (Wildman–Crippen LogP) is 4.99. The molecule has 0 atom stereocenters. The number of sulfonamides is 1. The van der Waals surface area contributed by atoms with Gasteiger partial charge in [-0.2, -0.15) is 18.2 Å². The summed E-state index contributed by atoms with van der Waals surface area (Å²) in [5.74, 6) is -0.490. The summed E-state index contributed by atoms with van der Waals surface area (Å²) in [6.07, 6.45) is -2.33. The lowest BCUT2D eigenvalue weighted by atomic mass is 10.2. The van der Waals surface area contributed by atoms with Crippen LogP contribution in [0.1, 0.15) is 31.9 Å². The van der Waals surface area contributed by atoms with E-state index in [0.29, 0.717) is 17.4 Å². The highest BCUT2D eigenvalue weighted by atomic mass is 32.2. The van der Waals surface area contributed by atoms with Crippen molar-refractivity contribution in [1.82, 2.24) is 15.0 Å². The van der Waals surface area contributed by atoms with Crippen LogP contribution in [0.2, 0.25) is 0 Å². The maximum atomic E-state index is 13.7. The number of anilines is 5. The van der Waals surface area contributed by atoms with Gasteiger partial charge in [0.2, 0.25) is 16.0 Å². The number of benzene rings is 1. The van der Waals surface area contributed by atoms with E-state index in [0.717, 1.165) is 10.6 Å². The van der Waals surface area contributed by atoms with Crippen LogP contribution in [0.25, 0.3) is 0 Å². The quantitative estimate of drug-likeness (QED) is 0.344. The number of alkyl halides is 3. The lowest BCUT2D eigenvalue weighted by molar-refractivity contribution is -0.137. The minimum absolute atomic E-state index is 0.0150. The van der Waals surface area contributed by atoms with Crippen molar-refractivity contribution in [3.05, 3.63) is 59.9 Å². The summed E-state index contributed by atoms with van der Waals surface area (Å²) in [5, 5.41) is 7.98. The normalized spacial score (nSPS) is 12.0. The van der Waals surface area contributed by atoms with Crippen LogP contribution in [-0.4, -0.2) is 48.4 Å². The summed E-state index contributed by atoms with van der Waals surface area (Å²) in [7, 11) is -2.26. The fraction of sp³-hybridized carbons (Fsp3) is 0.333. The lowest BCUT2D eigenvalue weighted by Gasteiger charge is -2.20. The average molecular weight is 568 g/mol. The van der Waals surface area contributed by atoms with Gasteiger partial charge in [0.1, 0.15) is 22.8 Å². The molecule has 0 saturated carbocycles. The van der Waals surface area contributed by atoms with Gasteiger partial charge in [0.25, 0.3) is 0 Å². The molecule has 1 amide bonds. The summed E-state index contributed by atoms with van der Waals surface area (Å²) in [6.45, 7) is 5.13. The molecule has 0 fully saturated rings. The Bertz CT molecular complexity index is 1430. The molecule has 0 saturated heterocycles. The third-order valence-corrected chi connectivity index (χ3v) is 6.16. The van der Waals surface area contributed by atoms with Gasteiger partial charge in [-0.15, -0.1) is 0 Å². The molecule has 0 aliphatic carbocycles. The van der Waals surface area contributed by atoms with Gasteiger partial charge < -0.3 is 15.4 Å². The zero-order valence-corrected chi connectivity index (χ0v) is 22.6. The number of hydrogen-bond donors (Lipinski definition) is 3. The number of rotatable bonds is 8. The van der Waals surface area contributed by atoms with E-state index in [1.54, 1.807) is 32.9 Å². The fourth-order valence-corrected chi connectivity index (χ4v) is 3.63. The van der Waals surface area contributed by atoms with Crippen molar-refractivity contribution in [2.75, 3.05) is 33.6 Å². The molecule has 0 spiro atoms. The number of halogens is 3. The Morgan fingerprint density at radius 1 is 1.05 bits per heavy atom. The number of hydrogen-bond acceptors (Lipinski definition) is 9. The Balaban J connectivity index is 1.80. The highest BCUT2D eigenvalue weighted by Gasteiger charge is 2.35. The highest BCUT2D eigenvalue weighted by molar-refractivity contribution is 7.92. The molecule has 15 heteroatoms. The van der Waals surface area contributed by atoms with Crippen molar-refractivity contribution in [2.24, 2.45) is 0 Å². The van der Waals surface area contributed by atoms with Crippen LogP contribution in [0.15, 0.2) is 48.8 Å². The first-order valence-corrected chi connectivity index (χ1v) is 13.3. The standard InChI is InChI=1S/C24H28F3N7O4S/c1-23(2,3)38-22(35)32-17-10-8-16(9-11-17)31-19-18(24(25,26)27)14-30-21(33-19)29-13-15-7-6-12-28-20(15)34(4)39(5,36)37/h6-12,14H,13H2,1-5H3,(H,32,35)(H2,29,30,31,33). The molecule has 3 aromatic rings. The van der Waals surface area contributed by atoms with Crippen molar-refractivity contribution in [1.29, 1.82) is 0 Å². The minimum Gasteiger partial charge on any atom is -0.444 e. The van der Waals surface area contributed by atoms with Gasteiger partial charge in [-0.05, 0) is 51.1 Å². The van der Waals surface area contributed by atoms with Gasteiger partial charge in [0, 0.05) is 42.9 Å². The number of amides is 1. The van der Waals surface area contributed by atoms with Crippen molar-refractivity contribution < 1.29 is 31.1 Å². The lowest BCUT2D eigenvalue weighted by Crippen LogP contribution is -2.27. The van der Waals surface area contributed by atoms with Gasteiger partial charge >= 0.3 is 12.3 Å². The van der Waals surface area contributed by atoms with E-state index in [1.807, 2.05) is 0 Å². The van der Waals surface area contributed by atoms with Gasteiger partial charge in [-0.25, -0.2) is 23.2 Å². The van der Waals surface area contributed by atoms with Crippen LogP contribution < -0.4 is 20.3 Å². The van der Waals surface area contributed by atoms with Crippen LogP contribution in [0, 0.1) is 0 Å². The molecule has 39 heavy (non-hydrogen) atoms. The molecule has 11 nitrogen and oxygen atoms in total. The maximum Gasteiger partial charge on any atom is 0.421 e. The van der Waals surface area contributed by atoms with Crippen LogP contribution in [-0.2, 0) is 27.5 Å². The molecule has 0 aliphatic rings. The smallest absolute Gasteiger partial charge is 0.421 e. The number of ether oxygens (including phenoxy) is 1. The molecule has 3 N–H and O–H groups in total. The zero-order valence-electron chi connectivity index (χ0n) is 21.8. The van der Waals surface area contributed by atoms with E-state index < -0.39 is 39.3 Å². The molecule has 3 rings (SSSR count). The molecular weight excluding hydrogens is 539 g/mol. The van der Waals surface area contributed by atoms with E-state index in [4.69, 9.17) is 4.74 Å². The highest BCUT2D eigenvalue weighted by Crippen LogP contribution is 2.35. The Hall–Kier alpha value is -4.14. The molecular formula is C24H28F3N7O4S. The fourth-order valence-electron chi connectivity index (χ4n) is 3.15. The van der Waals surface area contributed by atoms with Crippen molar-refractivity contribution in [2.45, 2.75) is 39.1 Å². The number of nitrogens with zero attached hydrogens (tertiary/aromatic N) is 4. The second-order valence-electron chi connectivity index (χ2n) is 9.35. The molecule has 1 aromatic carbocycles. The molecule has 2 aromatic heterocycles. The number of carbonyl (C=O) groups is 1. The van der Waals surface area contributed by atoms with E-state index in [-0.39, 0.29) is 24.0 Å². The molecule has 0 unspecified atom stereocenters. The maximum absolute atomic E-state index is 13.7. The van der Waals surface area contributed by atoms with Crippen LogP contribution in [0.5, 0.6) is 0 Å². The van der Waals surface area contributed by atoms with Crippen molar-refractivity contribution >= 4 is 45.1 Å². The second kappa shape index (κ2) is 11.3. The van der Waals surface area contributed by atoms with Gasteiger partial charge in [-0.3, -0.25) is 9.62 Å². The summed E-state index contributed by atoms with van der Waals surface area (Å²) in [4.78, 5) is 23.8. The predicted molar refractivity (Wildman–Crippen MR) is 141 cm³/mol. The zero-order chi connectivity index (χ0) is 29.0. The molecule has 0 bridgehead atoms. The molecule has 0 radical (unpaired) electrons. The first-order valence-electron chi connectivity index (χ1n) is 11.5. The molecule has 0 aliphatic heterocycles.